The number of hydrogen-bond acceptors (Lipinski definition) is 2. The zero-order chi connectivity index (χ0) is 10.4. The van der Waals surface area contributed by atoms with Crippen molar-refractivity contribution in [2.45, 2.75) is 63.7 Å². The first-order chi connectivity index (χ1) is 7.27. The van der Waals surface area contributed by atoms with Gasteiger partial charge in [0.15, 0.2) is 0 Å². The molecule has 84 valence electrons. The third-order valence-corrected chi connectivity index (χ3v) is 4.13. The lowest BCUT2D eigenvalue weighted by atomic mass is 10.0. The molecule has 1 saturated heterocycles. The van der Waals surface area contributed by atoms with Crippen LogP contribution in [0.2, 0.25) is 0 Å². The summed E-state index contributed by atoms with van der Waals surface area (Å²) in [7, 11) is 0. The molecule has 2 unspecified atom stereocenters. The maximum atomic E-state index is 12.0. The van der Waals surface area contributed by atoms with Gasteiger partial charge < -0.3 is 4.90 Å². The molecule has 1 N–H and O–H groups in total. The zero-order valence-corrected chi connectivity index (χ0v) is 9.41. The van der Waals surface area contributed by atoms with E-state index in [-0.39, 0.29) is 6.04 Å². The highest BCUT2D eigenvalue weighted by atomic mass is 16.2. The Morgan fingerprint density at radius 2 is 1.87 bits per heavy atom. The van der Waals surface area contributed by atoms with Crippen LogP contribution < -0.4 is 5.32 Å². The minimum Gasteiger partial charge on any atom is -0.323 e. The standard InChI is InChI=1S/C12H20N2O/c1-8-12(15)14(10-6-7-10)11(13-8)9-4-2-3-5-9/h8-11,13H,2-7H2,1H3. The van der Waals surface area contributed by atoms with E-state index in [4.69, 9.17) is 0 Å². The third kappa shape index (κ3) is 1.57. The fraction of sp³-hybridized carbons (Fsp3) is 0.917. The molecule has 3 nitrogen and oxygen atoms in total. The van der Waals surface area contributed by atoms with Crippen LogP contribution in [-0.2, 0) is 4.79 Å². The summed E-state index contributed by atoms with van der Waals surface area (Å²) < 4.78 is 0. The van der Waals surface area contributed by atoms with Gasteiger partial charge in [-0.2, -0.15) is 0 Å². The lowest BCUT2D eigenvalue weighted by molar-refractivity contribution is -0.130. The van der Waals surface area contributed by atoms with Crippen molar-refractivity contribution in [2.24, 2.45) is 5.92 Å². The van der Waals surface area contributed by atoms with Crippen LogP contribution in [0.3, 0.4) is 0 Å². The largest absolute Gasteiger partial charge is 0.323 e. The molecular weight excluding hydrogens is 188 g/mol. The first kappa shape index (κ1) is 9.64. The molecular formula is C12H20N2O. The minimum atomic E-state index is 0.0520. The van der Waals surface area contributed by atoms with E-state index >= 15 is 0 Å². The van der Waals surface area contributed by atoms with Gasteiger partial charge >= 0.3 is 0 Å². The molecule has 1 aliphatic heterocycles. The second-order valence-corrected chi connectivity index (χ2v) is 5.35. The van der Waals surface area contributed by atoms with Crippen molar-refractivity contribution in [3.63, 3.8) is 0 Å². The predicted octanol–water partition coefficient (Wildman–Crippen LogP) is 1.49. The van der Waals surface area contributed by atoms with E-state index in [2.05, 4.69) is 10.2 Å². The summed E-state index contributed by atoms with van der Waals surface area (Å²) >= 11 is 0. The summed E-state index contributed by atoms with van der Waals surface area (Å²) in [5.41, 5.74) is 0. The van der Waals surface area contributed by atoms with Crippen molar-refractivity contribution in [3.8, 4) is 0 Å². The number of nitrogens with one attached hydrogen (secondary N) is 1. The Hall–Kier alpha value is -0.570. The van der Waals surface area contributed by atoms with Gasteiger partial charge in [0.25, 0.3) is 0 Å². The van der Waals surface area contributed by atoms with Gasteiger partial charge in [0, 0.05) is 6.04 Å². The van der Waals surface area contributed by atoms with E-state index in [9.17, 15) is 4.79 Å². The Balaban J connectivity index is 1.77. The number of hydrogen-bond donors (Lipinski definition) is 1. The Labute approximate surface area is 91.2 Å². The maximum absolute atomic E-state index is 12.0. The molecule has 3 heteroatoms. The van der Waals surface area contributed by atoms with Crippen LogP contribution in [0.4, 0.5) is 0 Å². The monoisotopic (exact) mass is 208 g/mol. The Morgan fingerprint density at radius 3 is 2.47 bits per heavy atom. The summed E-state index contributed by atoms with van der Waals surface area (Å²) in [4.78, 5) is 14.2. The quantitative estimate of drug-likeness (QED) is 0.745. The smallest absolute Gasteiger partial charge is 0.240 e. The van der Waals surface area contributed by atoms with Crippen molar-refractivity contribution in [3.05, 3.63) is 0 Å². The van der Waals surface area contributed by atoms with Crippen molar-refractivity contribution >= 4 is 5.91 Å². The fourth-order valence-electron chi connectivity index (χ4n) is 3.16. The van der Waals surface area contributed by atoms with Gasteiger partial charge in [0.2, 0.25) is 5.91 Å². The first-order valence-electron chi connectivity index (χ1n) is 6.35. The highest BCUT2D eigenvalue weighted by Gasteiger charge is 2.47. The van der Waals surface area contributed by atoms with Crippen molar-refractivity contribution < 1.29 is 4.79 Å². The SMILES string of the molecule is CC1NC(C2CCCC2)N(C2CC2)C1=O. The molecule has 3 aliphatic rings. The molecule has 1 heterocycles. The van der Waals surface area contributed by atoms with Crippen LogP contribution in [0.5, 0.6) is 0 Å². The van der Waals surface area contributed by atoms with Gasteiger partial charge in [-0.25, -0.2) is 0 Å². The van der Waals surface area contributed by atoms with Crippen LogP contribution >= 0.6 is 0 Å². The molecule has 0 aromatic carbocycles. The average molecular weight is 208 g/mol. The number of carbonyl (C=O) groups excluding carboxylic acids is 1. The van der Waals surface area contributed by atoms with E-state index in [1.165, 1.54) is 38.5 Å². The van der Waals surface area contributed by atoms with Crippen molar-refractivity contribution in [1.82, 2.24) is 10.2 Å². The van der Waals surface area contributed by atoms with Crippen molar-refractivity contribution in [1.29, 1.82) is 0 Å². The lowest BCUT2D eigenvalue weighted by Gasteiger charge is -2.28. The number of rotatable bonds is 2. The molecule has 0 radical (unpaired) electrons. The Kier molecular flexibility index (Phi) is 2.23. The van der Waals surface area contributed by atoms with Crippen molar-refractivity contribution in [2.75, 3.05) is 0 Å². The summed E-state index contributed by atoms with van der Waals surface area (Å²) in [5.74, 6) is 1.06. The summed E-state index contributed by atoms with van der Waals surface area (Å²) in [6.45, 7) is 2.01. The van der Waals surface area contributed by atoms with Gasteiger partial charge in [0.05, 0.1) is 12.2 Å². The van der Waals surface area contributed by atoms with Gasteiger partial charge in [-0.15, -0.1) is 0 Å². The van der Waals surface area contributed by atoms with Crippen LogP contribution in [-0.4, -0.2) is 29.1 Å². The molecule has 3 rings (SSSR count). The maximum Gasteiger partial charge on any atom is 0.240 e. The topological polar surface area (TPSA) is 32.3 Å². The lowest BCUT2D eigenvalue weighted by Crippen LogP contribution is -2.43. The molecule has 2 saturated carbocycles. The van der Waals surface area contributed by atoms with Crippen LogP contribution in [0, 0.1) is 5.92 Å². The van der Waals surface area contributed by atoms with Gasteiger partial charge in [-0.3, -0.25) is 10.1 Å². The van der Waals surface area contributed by atoms with E-state index < -0.39 is 0 Å². The van der Waals surface area contributed by atoms with E-state index in [0.717, 1.165) is 5.92 Å². The predicted molar refractivity (Wildman–Crippen MR) is 58.2 cm³/mol. The first-order valence-corrected chi connectivity index (χ1v) is 6.35. The van der Waals surface area contributed by atoms with Crippen LogP contribution in [0.15, 0.2) is 0 Å². The van der Waals surface area contributed by atoms with E-state index in [0.29, 0.717) is 18.1 Å². The minimum absolute atomic E-state index is 0.0520. The fourth-order valence-corrected chi connectivity index (χ4v) is 3.16. The van der Waals surface area contributed by atoms with E-state index in [1.807, 2.05) is 6.92 Å². The van der Waals surface area contributed by atoms with Gasteiger partial charge in [-0.05, 0) is 38.5 Å². The zero-order valence-electron chi connectivity index (χ0n) is 9.41. The summed E-state index contributed by atoms with van der Waals surface area (Å²) in [5, 5.41) is 3.49. The summed E-state index contributed by atoms with van der Waals surface area (Å²) in [6.07, 6.45) is 8.13. The molecule has 3 fully saturated rings. The molecule has 15 heavy (non-hydrogen) atoms. The Bertz CT molecular complexity index is 269. The Morgan fingerprint density at radius 1 is 1.20 bits per heavy atom. The molecule has 0 aromatic heterocycles. The third-order valence-electron chi connectivity index (χ3n) is 4.13. The molecule has 1 amide bonds. The highest BCUT2D eigenvalue weighted by Crippen LogP contribution is 2.38. The van der Waals surface area contributed by atoms with Gasteiger partial charge in [-0.1, -0.05) is 12.8 Å². The molecule has 0 aromatic rings. The second kappa shape index (κ2) is 3.48. The van der Waals surface area contributed by atoms with Gasteiger partial charge in [0.1, 0.15) is 0 Å². The number of nitrogens with zero attached hydrogens (tertiary/aromatic N) is 1. The normalized spacial score (nSPS) is 37.9. The molecule has 0 bridgehead atoms. The van der Waals surface area contributed by atoms with Crippen LogP contribution in [0.25, 0.3) is 0 Å². The number of carbonyl (C=O) groups is 1. The summed E-state index contributed by atoms with van der Waals surface area (Å²) in [6, 6.07) is 0.622. The second-order valence-electron chi connectivity index (χ2n) is 5.35. The van der Waals surface area contributed by atoms with Crippen LogP contribution in [0.1, 0.15) is 45.4 Å². The number of amides is 1. The molecule has 2 atom stereocenters. The molecule has 2 aliphatic carbocycles. The van der Waals surface area contributed by atoms with E-state index in [1.54, 1.807) is 0 Å². The molecule has 0 spiro atoms. The average Bonchev–Trinajstić information content (AvgIpc) is 2.82. The highest BCUT2D eigenvalue weighted by molar-refractivity contribution is 5.84.